The van der Waals surface area contributed by atoms with Crippen LogP contribution in [0.1, 0.15) is 58.3 Å². The molecule has 0 aromatic heterocycles. The van der Waals surface area contributed by atoms with Gasteiger partial charge in [0.2, 0.25) is 0 Å². The molecule has 0 amide bonds. The van der Waals surface area contributed by atoms with Crippen molar-refractivity contribution in [2.45, 2.75) is 81.7 Å². The van der Waals surface area contributed by atoms with Gasteiger partial charge in [0.15, 0.2) is 5.96 Å². The summed E-state index contributed by atoms with van der Waals surface area (Å²) >= 11 is 0. The Labute approximate surface area is 154 Å². The fourth-order valence-corrected chi connectivity index (χ4v) is 7.07. The van der Waals surface area contributed by atoms with Gasteiger partial charge in [-0.2, -0.15) is 0 Å². The van der Waals surface area contributed by atoms with Crippen LogP contribution in [0.2, 0.25) is 0 Å². The zero-order valence-corrected chi connectivity index (χ0v) is 16.4. The van der Waals surface area contributed by atoms with Crippen LogP contribution < -0.4 is 10.6 Å². The van der Waals surface area contributed by atoms with Gasteiger partial charge in [-0.15, -0.1) is 0 Å². The SMILES string of the molecule is CCS(=O)C1CCCC(NC(=NC)NC2C3CCOC3C23CCC3)C1. The van der Waals surface area contributed by atoms with Gasteiger partial charge in [-0.05, 0) is 38.5 Å². The quantitative estimate of drug-likeness (QED) is 0.591. The molecule has 0 radical (unpaired) electrons. The molecular weight excluding hydrogens is 334 g/mol. The van der Waals surface area contributed by atoms with E-state index in [2.05, 4.69) is 15.6 Å². The zero-order chi connectivity index (χ0) is 17.4. The van der Waals surface area contributed by atoms with Crippen molar-refractivity contribution in [1.29, 1.82) is 0 Å². The highest BCUT2D eigenvalue weighted by Crippen LogP contribution is 2.62. The van der Waals surface area contributed by atoms with Gasteiger partial charge < -0.3 is 15.4 Å². The molecule has 3 aliphatic carbocycles. The summed E-state index contributed by atoms with van der Waals surface area (Å²) in [6, 6.07) is 0.914. The summed E-state index contributed by atoms with van der Waals surface area (Å²) in [5.74, 6) is 2.37. The molecule has 4 fully saturated rings. The van der Waals surface area contributed by atoms with E-state index in [0.29, 0.717) is 34.8 Å². The molecule has 3 saturated carbocycles. The molecule has 6 atom stereocenters. The first-order chi connectivity index (χ1) is 12.2. The number of rotatable bonds is 4. The topological polar surface area (TPSA) is 62.7 Å². The van der Waals surface area contributed by atoms with E-state index in [1.165, 1.54) is 25.7 Å². The van der Waals surface area contributed by atoms with E-state index in [9.17, 15) is 4.21 Å². The van der Waals surface area contributed by atoms with Crippen LogP contribution in [0.4, 0.5) is 0 Å². The Morgan fingerprint density at radius 2 is 2.08 bits per heavy atom. The summed E-state index contributed by atoms with van der Waals surface area (Å²) in [6.07, 6.45) is 10.0. The Bertz CT molecular complexity index is 549. The first-order valence-corrected chi connectivity index (χ1v) is 11.5. The second-order valence-corrected chi connectivity index (χ2v) is 10.3. The van der Waals surface area contributed by atoms with Crippen molar-refractivity contribution in [1.82, 2.24) is 10.6 Å². The Kier molecular flexibility index (Phi) is 5.11. The Morgan fingerprint density at radius 1 is 1.24 bits per heavy atom. The predicted octanol–water partition coefficient (Wildman–Crippen LogP) is 2.19. The summed E-state index contributed by atoms with van der Waals surface area (Å²) in [7, 11) is 1.19. The van der Waals surface area contributed by atoms with Crippen molar-refractivity contribution in [3.8, 4) is 0 Å². The highest BCUT2D eigenvalue weighted by molar-refractivity contribution is 7.85. The fourth-order valence-electron chi connectivity index (χ4n) is 5.72. The average molecular weight is 368 g/mol. The average Bonchev–Trinajstić information content (AvgIpc) is 3.01. The summed E-state index contributed by atoms with van der Waals surface area (Å²) in [4.78, 5) is 4.51. The molecule has 5 nitrogen and oxygen atoms in total. The lowest BCUT2D eigenvalue weighted by Gasteiger charge is -2.63. The Hall–Kier alpha value is -0.620. The molecule has 2 N–H and O–H groups in total. The lowest BCUT2D eigenvalue weighted by molar-refractivity contribution is -0.171. The van der Waals surface area contributed by atoms with E-state index in [1.807, 2.05) is 14.0 Å². The van der Waals surface area contributed by atoms with E-state index < -0.39 is 10.8 Å². The van der Waals surface area contributed by atoms with E-state index in [4.69, 9.17) is 4.74 Å². The minimum absolute atomic E-state index is 0.351. The van der Waals surface area contributed by atoms with Crippen LogP contribution in [0.3, 0.4) is 0 Å². The van der Waals surface area contributed by atoms with Crippen molar-refractivity contribution < 1.29 is 8.95 Å². The second kappa shape index (κ2) is 7.18. The molecule has 6 unspecified atom stereocenters. The summed E-state index contributed by atoms with van der Waals surface area (Å²) in [5.41, 5.74) is 0.373. The molecule has 1 aliphatic heterocycles. The van der Waals surface area contributed by atoms with E-state index in [1.54, 1.807) is 0 Å². The van der Waals surface area contributed by atoms with Crippen LogP contribution in [-0.4, -0.2) is 53.0 Å². The first-order valence-electron chi connectivity index (χ1n) is 10.2. The molecule has 4 aliphatic rings. The van der Waals surface area contributed by atoms with Crippen LogP contribution >= 0.6 is 0 Å². The highest BCUT2D eigenvalue weighted by atomic mass is 32.2. The standard InChI is InChI=1S/C19H33N3O2S/c1-3-25(23)14-7-4-6-13(12-14)21-18(20-2)22-16-15-8-11-24-17(15)19(16)9-5-10-19/h13-17H,3-12H2,1-2H3,(H2,20,21,22). The number of guanidine groups is 1. The van der Waals surface area contributed by atoms with E-state index in [0.717, 1.165) is 44.0 Å². The molecule has 1 saturated heterocycles. The number of fused-ring (bicyclic) bond motifs is 2. The number of nitrogens with one attached hydrogen (secondary N) is 2. The minimum atomic E-state index is -0.677. The lowest BCUT2D eigenvalue weighted by atomic mass is 9.46. The Morgan fingerprint density at radius 3 is 2.76 bits per heavy atom. The largest absolute Gasteiger partial charge is 0.377 e. The van der Waals surface area contributed by atoms with Crippen LogP contribution in [0.25, 0.3) is 0 Å². The van der Waals surface area contributed by atoms with Gasteiger partial charge in [-0.1, -0.05) is 19.8 Å². The van der Waals surface area contributed by atoms with E-state index in [-0.39, 0.29) is 0 Å². The van der Waals surface area contributed by atoms with Crippen LogP contribution in [-0.2, 0) is 15.5 Å². The van der Waals surface area contributed by atoms with Gasteiger partial charge in [0.05, 0.1) is 6.10 Å². The van der Waals surface area contributed by atoms with Crippen molar-refractivity contribution in [3.63, 3.8) is 0 Å². The smallest absolute Gasteiger partial charge is 0.191 e. The van der Waals surface area contributed by atoms with Crippen LogP contribution in [0, 0.1) is 11.3 Å². The lowest BCUT2D eigenvalue weighted by Crippen LogP contribution is -2.72. The molecule has 0 bridgehead atoms. The monoisotopic (exact) mass is 367 g/mol. The summed E-state index contributed by atoms with van der Waals surface area (Å²) in [5, 5.41) is 7.75. The van der Waals surface area contributed by atoms with E-state index >= 15 is 0 Å². The molecule has 4 rings (SSSR count). The van der Waals surface area contributed by atoms with Gasteiger partial charge in [-0.3, -0.25) is 9.20 Å². The van der Waals surface area contributed by atoms with Gasteiger partial charge in [0, 0.05) is 58.9 Å². The molecule has 0 aromatic carbocycles. The highest BCUT2D eigenvalue weighted by Gasteiger charge is 2.66. The molecule has 6 heteroatoms. The second-order valence-electron chi connectivity index (χ2n) is 8.32. The van der Waals surface area contributed by atoms with Crippen molar-refractivity contribution in [3.05, 3.63) is 0 Å². The van der Waals surface area contributed by atoms with Crippen molar-refractivity contribution in [2.24, 2.45) is 16.3 Å². The number of ether oxygens (including phenoxy) is 1. The number of nitrogens with zero attached hydrogens (tertiary/aromatic N) is 1. The van der Waals surface area contributed by atoms with Crippen molar-refractivity contribution >= 4 is 16.8 Å². The summed E-state index contributed by atoms with van der Waals surface area (Å²) < 4.78 is 18.2. The molecule has 1 heterocycles. The maximum Gasteiger partial charge on any atom is 0.191 e. The van der Waals surface area contributed by atoms with Crippen LogP contribution in [0.15, 0.2) is 4.99 Å². The molecule has 142 valence electrons. The molecule has 25 heavy (non-hydrogen) atoms. The van der Waals surface area contributed by atoms with Gasteiger partial charge in [0.1, 0.15) is 0 Å². The fraction of sp³-hybridized carbons (Fsp3) is 0.947. The number of hydrogen-bond donors (Lipinski definition) is 2. The first kappa shape index (κ1) is 17.8. The normalized spacial score (nSPS) is 40.7. The third kappa shape index (κ3) is 3.03. The predicted molar refractivity (Wildman–Crippen MR) is 102 cm³/mol. The molecule has 1 spiro atoms. The number of hydrogen-bond acceptors (Lipinski definition) is 3. The van der Waals surface area contributed by atoms with Gasteiger partial charge >= 0.3 is 0 Å². The maximum atomic E-state index is 12.2. The molecule has 0 aromatic rings. The Balaban J connectivity index is 1.36. The maximum absolute atomic E-state index is 12.2. The third-order valence-corrected chi connectivity index (χ3v) is 8.92. The minimum Gasteiger partial charge on any atom is -0.377 e. The van der Waals surface area contributed by atoms with Gasteiger partial charge in [0.25, 0.3) is 0 Å². The summed E-state index contributed by atoms with van der Waals surface area (Å²) in [6.45, 7) is 2.96. The van der Waals surface area contributed by atoms with Crippen LogP contribution in [0.5, 0.6) is 0 Å². The molecular formula is C19H33N3O2S. The zero-order valence-electron chi connectivity index (χ0n) is 15.6. The van der Waals surface area contributed by atoms with Gasteiger partial charge in [-0.25, -0.2) is 0 Å². The third-order valence-electron chi connectivity index (χ3n) is 7.18. The van der Waals surface area contributed by atoms with Crippen molar-refractivity contribution in [2.75, 3.05) is 19.4 Å². The number of aliphatic imine (C=N–C) groups is 1.